The average Bonchev–Trinajstić information content (AvgIpc) is 2.62. The number of methoxy groups -OCH3 is 1. The summed E-state index contributed by atoms with van der Waals surface area (Å²) >= 11 is 12.2. The molecule has 0 saturated carbocycles. The standard InChI is InChI=1S/C19H13Cl2NO3/c1-25-19(24)14(10-11-6-8-12(20)9-7-11)16-17(23)13-4-2-3-5-15(13)22-18(16)21/h2-10H,1H3,(H,22,23)/b14-10+. The lowest BCUT2D eigenvalue weighted by Gasteiger charge is -2.09. The monoisotopic (exact) mass is 373 g/mol. The van der Waals surface area contributed by atoms with Gasteiger partial charge in [0.1, 0.15) is 5.15 Å². The van der Waals surface area contributed by atoms with Gasteiger partial charge in [-0.2, -0.15) is 0 Å². The van der Waals surface area contributed by atoms with Gasteiger partial charge in [-0.15, -0.1) is 0 Å². The van der Waals surface area contributed by atoms with E-state index < -0.39 is 5.97 Å². The molecule has 2 aromatic carbocycles. The number of esters is 1. The number of hydrogen-bond donors (Lipinski definition) is 1. The number of hydrogen-bond acceptors (Lipinski definition) is 3. The summed E-state index contributed by atoms with van der Waals surface area (Å²) in [5.74, 6) is -0.655. The number of rotatable bonds is 3. The van der Waals surface area contributed by atoms with Gasteiger partial charge in [-0.3, -0.25) is 4.79 Å². The first-order valence-corrected chi connectivity index (χ1v) is 8.13. The molecule has 0 aliphatic heterocycles. The highest BCUT2D eigenvalue weighted by Crippen LogP contribution is 2.25. The van der Waals surface area contributed by atoms with Crippen LogP contribution in [-0.2, 0) is 9.53 Å². The molecule has 3 aromatic rings. The average molecular weight is 374 g/mol. The molecular weight excluding hydrogens is 361 g/mol. The number of aromatic amines is 1. The first-order valence-electron chi connectivity index (χ1n) is 7.37. The maximum Gasteiger partial charge on any atom is 0.338 e. The molecule has 0 bridgehead atoms. The summed E-state index contributed by atoms with van der Waals surface area (Å²) in [5.41, 5.74) is 1.08. The van der Waals surface area contributed by atoms with E-state index in [0.29, 0.717) is 21.5 Å². The number of ether oxygens (including phenoxy) is 1. The molecule has 0 saturated heterocycles. The summed E-state index contributed by atoms with van der Waals surface area (Å²) in [4.78, 5) is 28.1. The molecule has 0 fully saturated rings. The van der Waals surface area contributed by atoms with Gasteiger partial charge in [0.2, 0.25) is 0 Å². The Morgan fingerprint density at radius 2 is 1.76 bits per heavy atom. The number of pyridine rings is 1. The first-order chi connectivity index (χ1) is 12.0. The highest BCUT2D eigenvalue weighted by Gasteiger charge is 2.21. The molecule has 0 radical (unpaired) electrons. The third-order valence-corrected chi connectivity index (χ3v) is 4.25. The van der Waals surface area contributed by atoms with Gasteiger partial charge >= 0.3 is 5.97 Å². The van der Waals surface area contributed by atoms with Crippen molar-refractivity contribution in [3.8, 4) is 0 Å². The molecule has 0 unspecified atom stereocenters. The molecule has 0 amide bonds. The number of halogens is 2. The molecular formula is C19H13Cl2NO3. The van der Waals surface area contributed by atoms with Gasteiger partial charge in [0, 0.05) is 10.4 Å². The molecule has 1 heterocycles. The third-order valence-electron chi connectivity index (χ3n) is 3.72. The molecule has 6 heteroatoms. The Kier molecular flexibility index (Phi) is 4.93. The molecule has 25 heavy (non-hydrogen) atoms. The number of carbonyl (C=O) groups excluding carboxylic acids is 1. The van der Waals surface area contributed by atoms with Crippen LogP contribution in [0, 0.1) is 0 Å². The van der Waals surface area contributed by atoms with Crippen LogP contribution in [0.4, 0.5) is 0 Å². The van der Waals surface area contributed by atoms with E-state index in [2.05, 4.69) is 4.98 Å². The van der Waals surface area contributed by atoms with Crippen LogP contribution in [-0.4, -0.2) is 18.1 Å². The van der Waals surface area contributed by atoms with E-state index in [0.717, 1.165) is 0 Å². The van der Waals surface area contributed by atoms with E-state index in [9.17, 15) is 9.59 Å². The van der Waals surface area contributed by atoms with E-state index >= 15 is 0 Å². The van der Waals surface area contributed by atoms with Crippen LogP contribution < -0.4 is 5.43 Å². The van der Waals surface area contributed by atoms with Crippen molar-refractivity contribution in [3.05, 3.63) is 80.1 Å². The maximum absolute atomic E-state index is 12.9. The Labute approximate surface area is 153 Å². The number of carbonyl (C=O) groups is 1. The zero-order valence-electron chi connectivity index (χ0n) is 13.2. The Morgan fingerprint density at radius 1 is 1.08 bits per heavy atom. The van der Waals surface area contributed by atoms with Crippen LogP contribution in [0.2, 0.25) is 10.2 Å². The zero-order chi connectivity index (χ0) is 18.0. The van der Waals surface area contributed by atoms with E-state index in [-0.39, 0.29) is 21.7 Å². The molecule has 0 atom stereocenters. The first kappa shape index (κ1) is 17.3. The van der Waals surface area contributed by atoms with Crippen LogP contribution in [0.1, 0.15) is 11.1 Å². The number of fused-ring (bicyclic) bond motifs is 1. The molecule has 0 aliphatic carbocycles. The molecule has 0 spiro atoms. The van der Waals surface area contributed by atoms with Crippen LogP contribution in [0.3, 0.4) is 0 Å². The van der Waals surface area contributed by atoms with Crippen molar-refractivity contribution in [2.24, 2.45) is 0 Å². The zero-order valence-corrected chi connectivity index (χ0v) is 14.7. The quantitative estimate of drug-likeness (QED) is 0.416. The minimum absolute atomic E-state index is 0.0711. The second kappa shape index (κ2) is 7.13. The lowest BCUT2D eigenvalue weighted by Crippen LogP contribution is -2.16. The molecule has 1 N–H and O–H groups in total. The summed E-state index contributed by atoms with van der Waals surface area (Å²) in [5, 5.41) is 1.08. The van der Waals surface area contributed by atoms with Crippen molar-refractivity contribution in [3.63, 3.8) is 0 Å². The van der Waals surface area contributed by atoms with Gasteiger partial charge in [0.05, 0.1) is 23.8 Å². The van der Waals surface area contributed by atoms with E-state index in [1.165, 1.54) is 7.11 Å². The predicted molar refractivity (Wildman–Crippen MR) is 101 cm³/mol. The number of benzene rings is 2. The summed E-state index contributed by atoms with van der Waals surface area (Å²) in [7, 11) is 1.25. The highest BCUT2D eigenvalue weighted by atomic mass is 35.5. The fourth-order valence-corrected chi connectivity index (χ4v) is 2.93. The Morgan fingerprint density at radius 3 is 2.44 bits per heavy atom. The number of H-pyrrole nitrogens is 1. The molecule has 3 rings (SSSR count). The maximum atomic E-state index is 12.9. The Balaban J connectivity index is 2.27. The number of aromatic nitrogens is 1. The van der Waals surface area contributed by atoms with Gasteiger partial charge in [-0.05, 0) is 35.9 Å². The van der Waals surface area contributed by atoms with Crippen molar-refractivity contribution in [2.45, 2.75) is 0 Å². The second-order valence-electron chi connectivity index (χ2n) is 5.29. The van der Waals surface area contributed by atoms with Gasteiger partial charge in [-0.1, -0.05) is 47.5 Å². The Bertz CT molecular complexity index is 1040. The highest BCUT2D eigenvalue weighted by molar-refractivity contribution is 6.35. The number of nitrogens with one attached hydrogen (secondary N) is 1. The van der Waals surface area contributed by atoms with Gasteiger partial charge in [-0.25, -0.2) is 4.79 Å². The van der Waals surface area contributed by atoms with E-state index in [1.54, 1.807) is 54.6 Å². The van der Waals surface area contributed by atoms with Crippen molar-refractivity contribution >= 4 is 51.7 Å². The third kappa shape index (κ3) is 3.45. The van der Waals surface area contributed by atoms with Crippen molar-refractivity contribution < 1.29 is 9.53 Å². The molecule has 4 nitrogen and oxygen atoms in total. The Hall–Kier alpha value is -2.56. The van der Waals surface area contributed by atoms with Crippen LogP contribution in [0.25, 0.3) is 22.6 Å². The summed E-state index contributed by atoms with van der Waals surface area (Å²) in [6.07, 6.45) is 1.55. The van der Waals surface area contributed by atoms with Gasteiger partial charge in [0.25, 0.3) is 0 Å². The smallest absolute Gasteiger partial charge is 0.338 e. The van der Waals surface area contributed by atoms with Crippen molar-refractivity contribution in [1.82, 2.24) is 4.98 Å². The summed E-state index contributed by atoms with van der Waals surface area (Å²) in [6.45, 7) is 0. The van der Waals surface area contributed by atoms with Crippen LogP contribution in [0.15, 0.2) is 53.3 Å². The van der Waals surface area contributed by atoms with Gasteiger partial charge < -0.3 is 9.72 Å². The van der Waals surface area contributed by atoms with E-state index in [1.807, 2.05) is 0 Å². The van der Waals surface area contributed by atoms with Crippen LogP contribution >= 0.6 is 23.2 Å². The predicted octanol–water partition coefficient (Wildman–Crippen LogP) is 4.55. The largest absolute Gasteiger partial charge is 0.465 e. The topological polar surface area (TPSA) is 59.2 Å². The van der Waals surface area contributed by atoms with Crippen LogP contribution in [0.5, 0.6) is 0 Å². The molecule has 0 aliphatic rings. The minimum atomic E-state index is -0.655. The fourth-order valence-electron chi connectivity index (χ4n) is 2.51. The normalized spacial score (nSPS) is 11.6. The SMILES string of the molecule is COC(=O)/C(=C/c1ccc(Cl)cc1)c1c(Cl)[nH]c2ccccc2c1=O. The molecule has 126 valence electrons. The van der Waals surface area contributed by atoms with Crippen molar-refractivity contribution in [1.29, 1.82) is 0 Å². The lowest BCUT2D eigenvalue weighted by molar-refractivity contribution is -0.133. The van der Waals surface area contributed by atoms with Gasteiger partial charge in [0.15, 0.2) is 5.43 Å². The summed E-state index contributed by atoms with van der Waals surface area (Å²) < 4.78 is 4.84. The molecule has 1 aromatic heterocycles. The number of para-hydroxylation sites is 1. The fraction of sp³-hybridized carbons (Fsp3) is 0.0526. The minimum Gasteiger partial charge on any atom is -0.465 e. The summed E-state index contributed by atoms with van der Waals surface area (Å²) in [6, 6.07) is 13.8. The van der Waals surface area contributed by atoms with Crippen molar-refractivity contribution in [2.75, 3.05) is 7.11 Å². The lowest BCUT2D eigenvalue weighted by atomic mass is 10.0. The second-order valence-corrected chi connectivity index (χ2v) is 6.10. The van der Waals surface area contributed by atoms with E-state index in [4.69, 9.17) is 27.9 Å².